The molecule has 74 valence electrons. The molecular weight excluding hydrogens is 204 g/mol. The second-order valence-corrected chi connectivity index (χ2v) is 8.21. The molecule has 0 amide bonds. The molecule has 0 fully saturated rings. The van der Waals surface area contributed by atoms with Gasteiger partial charge >= 0.3 is 0 Å². The SMILES string of the molecule is C[Si](C)(C)OCCC(=O)O[SiH3].[SiH4]. The Hall–Kier alpha value is 0.0806. The normalized spacial score (nSPS) is 10.6. The minimum atomic E-state index is -1.43. The fourth-order valence-electron chi connectivity index (χ4n) is 0.543. The Morgan fingerprint density at radius 2 is 1.92 bits per heavy atom. The lowest BCUT2D eigenvalue weighted by Gasteiger charge is -2.16. The summed E-state index contributed by atoms with van der Waals surface area (Å²) in [5.41, 5.74) is 0. The van der Waals surface area contributed by atoms with E-state index in [1.54, 1.807) is 0 Å². The molecule has 0 N–H and O–H groups in total. The molecule has 0 aliphatic heterocycles. The Labute approximate surface area is 82.5 Å². The van der Waals surface area contributed by atoms with E-state index in [-0.39, 0.29) is 16.9 Å². The van der Waals surface area contributed by atoms with Gasteiger partial charge in [0, 0.05) is 6.61 Å². The molecule has 0 radical (unpaired) electrons. The van der Waals surface area contributed by atoms with Crippen LogP contribution < -0.4 is 0 Å². The average molecular weight is 224 g/mol. The van der Waals surface area contributed by atoms with Crippen molar-refractivity contribution in [3.63, 3.8) is 0 Å². The van der Waals surface area contributed by atoms with Crippen molar-refractivity contribution in [1.82, 2.24) is 0 Å². The van der Waals surface area contributed by atoms with Gasteiger partial charge in [0.25, 0.3) is 5.97 Å². The molecule has 12 heavy (non-hydrogen) atoms. The van der Waals surface area contributed by atoms with Gasteiger partial charge in [-0.15, -0.1) is 0 Å². The third-order valence-corrected chi connectivity index (χ3v) is 2.59. The topological polar surface area (TPSA) is 35.5 Å². The van der Waals surface area contributed by atoms with Gasteiger partial charge in [0.05, 0.1) is 6.42 Å². The molecule has 0 bridgehead atoms. The van der Waals surface area contributed by atoms with Crippen molar-refractivity contribution < 1.29 is 13.6 Å². The molecule has 0 unspecified atom stereocenters. The first-order valence-electron chi connectivity index (χ1n) is 3.66. The predicted molar refractivity (Wildman–Crippen MR) is 61.3 cm³/mol. The van der Waals surface area contributed by atoms with Crippen LogP contribution in [-0.2, 0) is 13.6 Å². The van der Waals surface area contributed by atoms with Gasteiger partial charge in [-0.3, -0.25) is 4.79 Å². The molecule has 0 aliphatic rings. The molecule has 0 atom stereocenters. The fraction of sp³-hybridized carbons (Fsp3) is 0.833. The van der Waals surface area contributed by atoms with Crippen molar-refractivity contribution in [2.24, 2.45) is 0 Å². The van der Waals surface area contributed by atoms with Crippen molar-refractivity contribution in [1.29, 1.82) is 0 Å². The molecule has 0 aromatic rings. The van der Waals surface area contributed by atoms with Crippen LogP contribution in [0.5, 0.6) is 0 Å². The van der Waals surface area contributed by atoms with E-state index in [0.717, 1.165) is 0 Å². The molecule has 3 nitrogen and oxygen atoms in total. The molecule has 6 heteroatoms. The first-order chi connectivity index (χ1) is 4.95. The van der Waals surface area contributed by atoms with E-state index in [2.05, 4.69) is 24.1 Å². The van der Waals surface area contributed by atoms with Crippen molar-refractivity contribution >= 4 is 35.7 Å². The van der Waals surface area contributed by atoms with Gasteiger partial charge in [0.1, 0.15) is 0 Å². The second-order valence-electron chi connectivity index (χ2n) is 3.29. The predicted octanol–water partition coefficient (Wildman–Crippen LogP) is -1.40. The monoisotopic (exact) mass is 224 g/mol. The Morgan fingerprint density at radius 1 is 1.42 bits per heavy atom. The van der Waals surface area contributed by atoms with E-state index in [1.807, 2.05) is 0 Å². The largest absolute Gasteiger partial charge is 0.529 e. The minimum absolute atomic E-state index is 0. The highest BCUT2D eigenvalue weighted by Crippen LogP contribution is 2.02. The zero-order valence-corrected chi connectivity index (χ0v) is 10.6. The molecule has 0 rings (SSSR count). The zero-order valence-electron chi connectivity index (χ0n) is 7.64. The second kappa shape index (κ2) is 6.58. The van der Waals surface area contributed by atoms with E-state index in [4.69, 9.17) is 4.43 Å². The lowest BCUT2D eigenvalue weighted by Crippen LogP contribution is -2.26. The summed E-state index contributed by atoms with van der Waals surface area (Å²) in [6, 6.07) is 0. The molecule has 0 aromatic heterocycles. The van der Waals surface area contributed by atoms with Gasteiger partial charge in [0.15, 0.2) is 8.32 Å². The van der Waals surface area contributed by atoms with Crippen LogP contribution in [0.25, 0.3) is 0 Å². The molecule has 0 saturated heterocycles. The molecular formula is C6H20O3Si3. The smallest absolute Gasteiger partial charge is 0.294 e. The van der Waals surface area contributed by atoms with Crippen molar-refractivity contribution in [3.05, 3.63) is 0 Å². The Balaban J connectivity index is 0. The van der Waals surface area contributed by atoms with Crippen LogP contribution >= 0.6 is 0 Å². The van der Waals surface area contributed by atoms with Crippen LogP contribution in [0, 0.1) is 0 Å². The molecule has 0 heterocycles. The van der Waals surface area contributed by atoms with E-state index in [1.165, 1.54) is 0 Å². The summed E-state index contributed by atoms with van der Waals surface area (Å²) < 4.78 is 10.1. The highest BCUT2D eigenvalue weighted by Gasteiger charge is 2.14. The fourth-order valence-corrected chi connectivity index (χ4v) is 1.46. The van der Waals surface area contributed by atoms with Crippen molar-refractivity contribution in [3.8, 4) is 0 Å². The summed E-state index contributed by atoms with van der Waals surface area (Å²) in [5, 5.41) is 0. The van der Waals surface area contributed by atoms with Gasteiger partial charge in [0.2, 0.25) is 10.5 Å². The van der Waals surface area contributed by atoms with Gasteiger partial charge in [-0.1, -0.05) is 0 Å². The Kier molecular flexibility index (Phi) is 8.00. The van der Waals surface area contributed by atoms with Gasteiger partial charge < -0.3 is 8.85 Å². The standard InChI is InChI=1S/C6H16O3Si2.H4Si/c1-11(2,3)8-5-4-6(7)9-10;/h4-5H2,1-3,10H3;1H4. The van der Waals surface area contributed by atoms with E-state index in [0.29, 0.717) is 23.5 Å². The highest BCUT2D eigenvalue weighted by atomic mass is 28.4. The summed E-state index contributed by atoms with van der Waals surface area (Å²) in [6.07, 6.45) is 0.397. The van der Waals surface area contributed by atoms with Gasteiger partial charge in [-0.05, 0) is 30.6 Å². The lowest BCUT2D eigenvalue weighted by atomic mass is 10.5. The zero-order chi connectivity index (χ0) is 8.91. The third kappa shape index (κ3) is 10.1. The third-order valence-electron chi connectivity index (χ3n) is 1.07. The molecule has 0 aliphatic carbocycles. The summed E-state index contributed by atoms with van der Waals surface area (Å²) in [5.74, 6) is -0.144. The molecule has 0 spiro atoms. The maximum Gasteiger partial charge on any atom is 0.294 e. The summed E-state index contributed by atoms with van der Waals surface area (Å²) in [7, 11) is -0.948. The van der Waals surface area contributed by atoms with Crippen LogP contribution in [-0.4, -0.2) is 42.3 Å². The quantitative estimate of drug-likeness (QED) is 0.551. The number of carbonyl (C=O) groups excluding carboxylic acids is 1. The summed E-state index contributed by atoms with van der Waals surface area (Å²) in [4.78, 5) is 10.6. The van der Waals surface area contributed by atoms with Crippen LogP contribution in [0.1, 0.15) is 6.42 Å². The maximum absolute atomic E-state index is 10.6. The van der Waals surface area contributed by atoms with E-state index >= 15 is 0 Å². The maximum atomic E-state index is 10.6. The minimum Gasteiger partial charge on any atom is -0.529 e. The Morgan fingerprint density at radius 3 is 2.25 bits per heavy atom. The van der Waals surface area contributed by atoms with E-state index < -0.39 is 8.32 Å². The summed E-state index contributed by atoms with van der Waals surface area (Å²) in [6.45, 7) is 6.80. The number of carbonyl (C=O) groups is 1. The summed E-state index contributed by atoms with van der Waals surface area (Å²) >= 11 is 0. The van der Waals surface area contributed by atoms with Crippen LogP contribution in [0.4, 0.5) is 0 Å². The molecule has 0 aromatic carbocycles. The molecule has 0 saturated carbocycles. The Bertz CT molecular complexity index is 132. The van der Waals surface area contributed by atoms with Crippen molar-refractivity contribution in [2.45, 2.75) is 26.1 Å². The lowest BCUT2D eigenvalue weighted by molar-refractivity contribution is -0.134. The first kappa shape index (κ1) is 14.6. The first-order valence-corrected chi connectivity index (χ1v) is 7.89. The van der Waals surface area contributed by atoms with Gasteiger partial charge in [-0.2, -0.15) is 0 Å². The number of hydrogen-bond donors (Lipinski definition) is 0. The van der Waals surface area contributed by atoms with Crippen LogP contribution in [0.2, 0.25) is 19.6 Å². The van der Waals surface area contributed by atoms with Crippen LogP contribution in [0.15, 0.2) is 0 Å². The average Bonchev–Trinajstić information content (AvgIpc) is 1.85. The number of hydrogen-bond acceptors (Lipinski definition) is 3. The van der Waals surface area contributed by atoms with Crippen LogP contribution in [0.3, 0.4) is 0 Å². The number of rotatable bonds is 4. The highest BCUT2D eigenvalue weighted by molar-refractivity contribution is 6.69. The van der Waals surface area contributed by atoms with Gasteiger partial charge in [-0.25, -0.2) is 0 Å². The van der Waals surface area contributed by atoms with E-state index in [9.17, 15) is 4.79 Å². The van der Waals surface area contributed by atoms with Crippen molar-refractivity contribution in [2.75, 3.05) is 6.61 Å².